The van der Waals surface area contributed by atoms with Crippen LogP contribution >= 0.6 is 11.6 Å². The van der Waals surface area contributed by atoms with Gasteiger partial charge >= 0.3 is 0 Å². The van der Waals surface area contributed by atoms with Crippen LogP contribution in [0.25, 0.3) is 0 Å². The Kier molecular flexibility index (Phi) is 9.86. The molecule has 0 bridgehead atoms. The Hall–Kier alpha value is -2.53. The number of ether oxygens (including phenoxy) is 1. The molecule has 2 aromatic carbocycles. The zero-order valence-electron chi connectivity index (χ0n) is 18.9. The number of hydrogen-bond acceptors (Lipinski definition) is 3. The average Bonchev–Trinajstić information content (AvgIpc) is 2.77. The summed E-state index contributed by atoms with van der Waals surface area (Å²) in [6, 6.07) is 14.5. The van der Waals surface area contributed by atoms with Crippen molar-refractivity contribution in [3.05, 3.63) is 64.7 Å². The summed E-state index contributed by atoms with van der Waals surface area (Å²) in [5, 5.41) is 3.54. The molecule has 6 heteroatoms. The van der Waals surface area contributed by atoms with Crippen LogP contribution in [0.4, 0.5) is 0 Å². The molecule has 0 spiro atoms. The second-order valence-corrected chi connectivity index (χ2v) is 8.31. The first-order chi connectivity index (χ1) is 14.8. The number of nitrogens with zero attached hydrogens (tertiary/aromatic N) is 1. The maximum atomic E-state index is 13.1. The third-order valence-corrected chi connectivity index (χ3v) is 5.36. The molecule has 1 atom stereocenters. The molecule has 0 unspecified atom stereocenters. The Labute approximate surface area is 190 Å². The fourth-order valence-corrected chi connectivity index (χ4v) is 3.37. The lowest BCUT2D eigenvalue weighted by Gasteiger charge is -2.30. The second-order valence-electron chi connectivity index (χ2n) is 7.88. The van der Waals surface area contributed by atoms with Crippen molar-refractivity contribution in [3.8, 4) is 5.75 Å². The van der Waals surface area contributed by atoms with Crippen LogP contribution in [0.15, 0.2) is 48.5 Å². The maximum Gasteiger partial charge on any atom is 0.261 e. The predicted molar refractivity (Wildman–Crippen MR) is 125 cm³/mol. The summed E-state index contributed by atoms with van der Waals surface area (Å²) >= 11 is 5.99. The summed E-state index contributed by atoms with van der Waals surface area (Å²) in [6.07, 6.45) is 1.35. The summed E-state index contributed by atoms with van der Waals surface area (Å²) in [5.74, 6) is 0.680. The molecule has 0 aromatic heterocycles. The van der Waals surface area contributed by atoms with Crippen LogP contribution in [0, 0.1) is 0 Å². The first kappa shape index (κ1) is 24.7. The van der Waals surface area contributed by atoms with Crippen molar-refractivity contribution in [1.82, 2.24) is 10.2 Å². The van der Waals surface area contributed by atoms with Gasteiger partial charge in [0.15, 0.2) is 6.61 Å². The quantitative estimate of drug-likeness (QED) is 0.519. The minimum absolute atomic E-state index is 0.133. The molecule has 31 heavy (non-hydrogen) atoms. The van der Waals surface area contributed by atoms with Gasteiger partial charge in [-0.2, -0.15) is 0 Å². The molecular formula is C25H33ClN2O3. The molecule has 0 radical (unpaired) electrons. The van der Waals surface area contributed by atoms with Gasteiger partial charge in [-0.15, -0.1) is 0 Å². The van der Waals surface area contributed by atoms with Gasteiger partial charge in [0.1, 0.15) is 11.8 Å². The van der Waals surface area contributed by atoms with E-state index in [2.05, 4.69) is 19.2 Å². The Balaban J connectivity index is 2.15. The highest BCUT2D eigenvalue weighted by molar-refractivity contribution is 6.30. The van der Waals surface area contributed by atoms with Crippen LogP contribution in [0.5, 0.6) is 5.75 Å². The third-order valence-electron chi connectivity index (χ3n) is 5.11. The van der Waals surface area contributed by atoms with Crippen molar-refractivity contribution in [2.24, 2.45) is 0 Å². The van der Waals surface area contributed by atoms with Crippen molar-refractivity contribution in [3.63, 3.8) is 0 Å². The van der Waals surface area contributed by atoms with Crippen LogP contribution < -0.4 is 10.1 Å². The number of carbonyl (C=O) groups excluding carboxylic acids is 2. The van der Waals surface area contributed by atoms with Crippen molar-refractivity contribution < 1.29 is 14.3 Å². The van der Waals surface area contributed by atoms with Crippen LogP contribution in [0.3, 0.4) is 0 Å². The molecule has 0 heterocycles. The van der Waals surface area contributed by atoms with Crippen molar-refractivity contribution in [2.75, 3.05) is 13.2 Å². The van der Waals surface area contributed by atoms with Gasteiger partial charge < -0.3 is 15.0 Å². The highest BCUT2D eigenvalue weighted by Gasteiger charge is 2.28. The topological polar surface area (TPSA) is 58.6 Å². The predicted octanol–water partition coefficient (Wildman–Crippen LogP) is 5.18. The van der Waals surface area contributed by atoms with E-state index >= 15 is 0 Å². The molecule has 2 aromatic rings. The first-order valence-corrected chi connectivity index (χ1v) is 11.3. The Morgan fingerprint density at radius 2 is 1.68 bits per heavy atom. The fraction of sp³-hybridized carbons (Fsp3) is 0.440. The maximum absolute atomic E-state index is 13.1. The van der Waals surface area contributed by atoms with E-state index in [1.807, 2.05) is 50.2 Å². The fourth-order valence-electron chi connectivity index (χ4n) is 3.25. The zero-order valence-corrected chi connectivity index (χ0v) is 19.6. The molecule has 0 aliphatic heterocycles. The number of nitrogens with one attached hydrogen (secondary N) is 1. The molecule has 2 rings (SSSR count). The minimum Gasteiger partial charge on any atom is -0.484 e. The van der Waals surface area contributed by atoms with Gasteiger partial charge in [0.05, 0.1) is 0 Å². The molecule has 0 fully saturated rings. The zero-order chi connectivity index (χ0) is 22.8. The molecule has 0 saturated heterocycles. The number of hydrogen-bond donors (Lipinski definition) is 1. The van der Waals surface area contributed by atoms with Crippen molar-refractivity contribution >= 4 is 23.4 Å². The van der Waals surface area contributed by atoms with E-state index < -0.39 is 6.04 Å². The molecular weight excluding hydrogens is 412 g/mol. The highest BCUT2D eigenvalue weighted by atomic mass is 35.5. The summed E-state index contributed by atoms with van der Waals surface area (Å²) in [4.78, 5) is 27.5. The standard InChI is InChI=1S/C25H33ClN2O3/c1-5-15-27-25(30)23(6-2)28(16-19-7-11-21(26)12-8-19)24(29)17-31-22-13-9-20(10-14-22)18(3)4/h7-14,18,23H,5-6,15-17H2,1-4H3,(H,27,30)/t23-/m0/s1. The Morgan fingerprint density at radius 1 is 1.03 bits per heavy atom. The molecule has 2 amide bonds. The average molecular weight is 445 g/mol. The van der Waals surface area contributed by atoms with E-state index in [0.717, 1.165) is 12.0 Å². The van der Waals surface area contributed by atoms with Gasteiger partial charge in [0, 0.05) is 18.1 Å². The molecule has 5 nitrogen and oxygen atoms in total. The van der Waals surface area contributed by atoms with Crippen LogP contribution in [-0.4, -0.2) is 35.9 Å². The van der Waals surface area contributed by atoms with E-state index in [-0.39, 0.29) is 18.4 Å². The van der Waals surface area contributed by atoms with Crippen LogP contribution in [0.1, 0.15) is 57.6 Å². The van der Waals surface area contributed by atoms with Gasteiger partial charge in [0.2, 0.25) is 5.91 Å². The number of carbonyl (C=O) groups is 2. The lowest BCUT2D eigenvalue weighted by Crippen LogP contribution is -2.50. The summed E-state index contributed by atoms with van der Waals surface area (Å²) < 4.78 is 5.75. The minimum atomic E-state index is -0.568. The summed E-state index contributed by atoms with van der Waals surface area (Å²) in [6.45, 7) is 8.91. The third kappa shape index (κ3) is 7.59. The SMILES string of the molecule is CCCNC(=O)[C@H](CC)N(Cc1ccc(Cl)cc1)C(=O)COc1ccc(C(C)C)cc1. The Morgan fingerprint density at radius 3 is 2.23 bits per heavy atom. The lowest BCUT2D eigenvalue weighted by atomic mass is 10.0. The van der Waals surface area contributed by atoms with E-state index in [9.17, 15) is 9.59 Å². The Bertz CT molecular complexity index is 835. The van der Waals surface area contributed by atoms with Crippen LogP contribution in [-0.2, 0) is 16.1 Å². The number of halogens is 1. The molecule has 0 aliphatic carbocycles. The number of rotatable bonds is 11. The molecule has 168 valence electrons. The largest absolute Gasteiger partial charge is 0.484 e. The van der Waals surface area contributed by atoms with Crippen molar-refractivity contribution in [2.45, 2.75) is 59.0 Å². The molecule has 0 aliphatic rings. The van der Waals surface area contributed by atoms with E-state index in [1.54, 1.807) is 17.0 Å². The van der Waals surface area contributed by atoms with Gasteiger partial charge in [-0.1, -0.05) is 63.6 Å². The molecule has 0 saturated carbocycles. The summed E-state index contributed by atoms with van der Waals surface area (Å²) in [5.41, 5.74) is 2.11. The second kappa shape index (κ2) is 12.4. The molecule has 1 N–H and O–H groups in total. The van der Waals surface area contributed by atoms with E-state index in [0.29, 0.717) is 36.2 Å². The van der Waals surface area contributed by atoms with Gasteiger partial charge in [0.25, 0.3) is 5.91 Å². The van der Waals surface area contributed by atoms with Gasteiger partial charge in [-0.05, 0) is 54.2 Å². The monoisotopic (exact) mass is 444 g/mol. The highest BCUT2D eigenvalue weighted by Crippen LogP contribution is 2.19. The number of benzene rings is 2. The van der Waals surface area contributed by atoms with E-state index in [1.165, 1.54) is 5.56 Å². The lowest BCUT2D eigenvalue weighted by molar-refractivity contribution is -0.143. The van der Waals surface area contributed by atoms with Crippen LogP contribution in [0.2, 0.25) is 5.02 Å². The van der Waals surface area contributed by atoms with Gasteiger partial charge in [-0.25, -0.2) is 0 Å². The smallest absolute Gasteiger partial charge is 0.261 e. The van der Waals surface area contributed by atoms with E-state index in [4.69, 9.17) is 16.3 Å². The summed E-state index contributed by atoms with van der Waals surface area (Å²) in [7, 11) is 0. The first-order valence-electron chi connectivity index (χ1n) is 10.9. The number of amides is 2. The normalized spacial score (nSPS) is 11.8. The van der Waals surface area contributed by atoms with Gasteiger partial charge in [-0.3, -0.25) is 9.59 Å². The van der Waals surface area contributed by atoms with Crippen molar-refractivity contribution in [1.29, 1.82) is 0 Å².